The van der Waals surface area contributed by atoms with Crippen molar-refractivity contribution < 1.29 is 24.2 Å². The Morgan fingerprint density at radius 1 is 1.20 bits per heavy atom. The quantitative estimate of drug-likeness (QED) is 0.578. The van der Waals surface area contributed by atoms with E-state index >= 15 is 0 Å². The molecule has 0 heterocycles. The summed E-state index contributed by atoms with van der Waals surface area (Å²) >= 11 is 0. The van der Waals surface area contributed by atoms with Crippen molar-refractivity contribution in [1.29, 1.82) is 0 Å². The van der Waals surface area contributed by atoms with Crippen molar-refractivity contribution >= 4 is 17.9 Å². The fraction of sp³-hybridized carbons (Fsp3) is 0.769. The zero-order valence-electron chi connectivity index (χ0n) is 11.7. The smallest absolute Gasteiger partial charge is 0.321 e. The van der Waals surface area contributed by atoms with E-state index in [2.05, 4.69) is 10.6 Å². The average Bonchev–Trinajstić information content (AvgIpc) is 2.33. The molecule has 0 saturated heterocycles. The van der Waals surface area contributed by atoms with Gasteiger partial charge in [0.05, 0.1) is 5.60 Å². The molecule has 0 unspecified atom stereocenters. The summed E-state index contributed by atoms with van der Waals surface area (Å²) in [5.41, 5.74) is -0.276. The van der Waals surface area contributed by atoms with E-state index in [1.54, 1.807) is 7.11 Å². The minimum atomic E-state index is -0.881. The van der Waals surface area contributed by atoms with Gasteiger partial charge in [0.1, 0.15) is 0 Å². The van der Waals surface area contributed by atoms with Crippen molar-refractivity contribution in [2.24, 2.45) is 0 Å². The monoisotopic (exact) mass is 286 g/mol. The van der Waals surface area contributed by atoms with Crippen LogP contribution in [0.3, 0.4) is 0 Å². The molecule has 3 amide bonds. The third-order valence-corrected chi connectivity index (χ3v) is 3.57. The third kappa shape index (κ3) is 5.56. The Kier molecular flexibility index (Phi) is 6.44. The number of rotatable bonds is 8. The molecule has 114 valence electrons. The number of aliphatic carboxylic acids is 1. The molecule has 0 aromatic carbocycles. The average molecular weight is 286 g/mol. The van der Waals surface area contributed by atoms with Crippen LogP contribution in [0.4, 0.5) is 4.79 Å². The second-order valence-corrected chi connectivity index (χ2v) is 5.07. The Bertz CT molecular complexity index is 360. The molecule has 1 aliphatic rings. The lowest BCUT2D eigenvalue weighted by Crippen LogP contribution is -2.52. The molecule has 1 fully saturated rings. The molecule has 1 rings (SSSR count). The predicted molar refractivity (Wildman–Crippen MR) is 71.2 cm³/mol. The Morgan fingerprint density at radius 3 is 2.35 bits per heavy atom. The topological polar surface area (TPSA) is 105 Å². The first-order chi connectivity index (χ1) is 9.47. The number of methoxy groups -OCH3 is 1. The minimum Gasteiger partial charge on any atom is -0.481 e. The van der Waals surface area contributed by atoms with E-state index in [1.165, 1.54) is 0 Å². The maximum Gasteiger partial charge on any atom is 0.321 e. The van der Waals surface area contributed by atoms with Gasteiger partial charge in [0.15, 0.2) is 0 Å². The van der Waals surface area contributed by atoms with Gasteiger partial charge in [-0.3, -0.25) is 14.9 Å². The van der Waals surface area contributed by atoms with Crippen LogP contribution in [0.2, 0.25) is 0 Å². The summed E-state index contributed by atoms with van der Waals surface area (Å²) in [5.74, 6) is -1.28. The standard InChI is InChI=1S/C13H22N2O5/c1-20-13(7-4-8-13)9-14-12(19)15-10(16)5-2-3-6-11(17)18/h2-9H2,1H3,(H,17,18)(H2,14,15,16,19). The van der Waals surface area contributed by atoms with E-state index in [0.717, 1.165) is 19.3 Å². The number of ether oxygens (including phenoxy) is 1. The Labute approximate surface area is 118 Å². The van der Waals surface area contributed by atoms with Gasteiger partial charge in [0, 0.05) is 26.5 Å². The van der Waals surface area contributed by atoms with E-state index in [4.69, 9.17) is 9.84 Å². The molecule has 0 radical (unpaired) electrons. The fourth-order valence-electron chi connectivity index (χ4n) is 2.06. The van der Waals surface area contributed by atoms with Gasteiger partial charge in [-0.25, -0.2) is 4.79 Å². The number of carboxylic acids is 1. The van der Waals surface area contributed by atoms with Gasteiger partial charge in [-0.2, -0.15) is 0 Å². The van der Waals surface area contributed by atoms with Gasteiger partial charge in [-0.15, -0.1) is 0 Å². The van der Waals surface area contributed by atoms with Crippen LogP contribution >= 0.6 is 0 Å². The molecular formula is C13H22N2O5. The summed E-state index contributed by atoms with van der Waals surface area (Å²) in [6.07, 6.45) is 3.97. The highest BCUT2D eigenvalue weighted by Crippen LogP contribution is 2.34. The van der Waals surface area contributed by atoms with E-state index < -0.39 is 17.9 Å². The number of urea groups is 1. The highest BCUT2D eigenvalue weighted by molar-refractivity contribution is 5.94. The molecule has 0 spiro atoms. The summed E-state index contributed by atoms with van der Waals surface area (Å²) in [7, 11) is 1.62. The van der Waals surface area contributed by atoms with Gasteiger partial charge >= 0.3 is 12.0 Å². The van der Waals surface area contributed by atoms with Crippen LogP contribution < -0.4 is 10.6 Å². The molecule has 3 N–H and O–H groups in total. The first-order valence-corrected chi connectivity index (χ1v) is 6.82. The molecule has 0 aliphatic heterocycles. The SMILES string of the molecule is COC1(CNC(=O)NC(=O)CCCCC(=O)O)CCC1. The molecule has 7 heteroatoms. The zero-order chi connectivity index (χ0) is 15.0. The van der Waals surface area contributed by atoms with Crippen molar-refractivity contribution in [2.45, 2.75) is 50.5 Å². The van der Waals surface area contributed by atoms with Crippen LogP contribution in [0, 0.1) is 0 Å². The summed E-state index contributed by atoms with van der Waals surface area (Å²) in [4.78, 5) is 33.2. The number of imide groups is 1. The normalized spacial score (nSPS) is 16.1. The zero-order valence-corrected chi connectivity index (χ0v) is 11.7. The Hall–Kier alpha value is -1.63. The van der Waals surface area contributed by atoms with Crippen LogP contribution in [0.5, 0.6) is 0 Å². The van der Waals surface area contributed by atoms with E-state index in [0.29, 0.717) is 19.4 Å². The lowest BCUT2D eigenvalue weighted by Gasteiger charge is -2.40. The number of carbonyl (C=O) groups is 3. The number of carboxylic acid groups (broad SMARTS) is 1. The maximum absolute atomic E-state index is 11.5. The fourth-order valence-corrected chi connectivity index (χ4v) is 2.06. The molecule has 1 saturated carbocycles. The largest absolute Gasteiger partial charge is 0.481 e. The second-order valence-electron chi connectivity index (χ2n) is 5.07. The molecular weight excluding hydrogens is 264 g/mol. The predicted octanol–water partition coefficient (Wildman–Crippen LogP) is 1.03. The van der Waals surface area contributed by atoms with Crippen molar-refractivity contribution in [3.8, 4) is 0 Å². The van der Waals surface area contributed by atoms with Gasteiger partial charge in [-0.05, 0) is 32.1 Å². The first kappa shape index (κ1) is 16.4. The summed E-state index contributed by atoms with van der Waals surface area (Å²) in [6, 6.07) is -0.531. The highest BCUT2D eigenvalue weighted by atomic mass is 16.5. The van der Waals surface area contributed by atoms with Crippen LogP contribution in [0.1, 0.15) is 44.9 Å². The van der Waals surface area contributed by atoms with Gasteiger partial charge in [0.2, 0.25) is 5.91 Å². The van der Waals surface area contributed by atoms with Crippen molar-refractivity contribution in [2.75, 3.05) is 13.7 Å². The first-order valence-electron chi connectivity index (χ1n) is 6.82. The minimum absolute atomic E-state index is 0.0375. The molecule has 7 nitrogen and oxygen atoms in total. The van der Waals surface area contributed by atoms with Gasteiger partial charge in [0.25, 0.3) is 0 Å². The van der Waals surface area contributed by atoms with Crippen LogP contribution in [-0.4, -0.2) is 42.3 Å². The lowest BCUT2D eigenvalue weighted by atomic mass is 9.80. The summed E-state index contributed by atoms with van der Waals surface area (Å²) in [6.45, 7) is 0.391. The van der Waals surface area contributed by atoms with Crippen molar-refractivity contribution in [1.82, 2.24) is 10.6 Å². The van der Waals surface area contributed by atoms with Crippen molar-refractivity contribution in [3.63, 3.8) is 0 Å². The number of carbonyl (C=O) groups excluding carboxylic acids is 2. The summed E-state index contributed by atoms with van der Waals surface area (Å²) in [5, 5.41) is 13.3. The molecule has 0 atom stereocenters. The molecule has 20 heavy (non-hydrogen) atoms. The third-order valence-electron chi connectivity index (χ3n) is 3.57. The highest BCUT2D eigenvalue weighted by Gasteiger charge is 2.37. The molecule has 0 bridgehead atoms. The number of unbranched alkanes of at least 4 members (excludes halogenated alkanes) is 1. The Morgan fingerprint density at radius 2 is 1.85 bits per heavy atom. The Balaban J connectivity index is 2.12. The van der Waals surface area contributed by atoms with Gasteiger partial charge in [-0.1, -0.05) is 0 Å². The van der Waals surface area contributed by atoms with Crippen LogP contribution in [0.15, 0.2) is 0 Å². The van der Waals surface area contributed by atoms with E-state index in [9.17, 15) is 14.4 Å². The van der Waals surface area contributed by atoms with E-state index in [1.807, 2.05) is 0 Å². The number of nitrogens with one attached hydrogen (secondary N) is 2. The lowest BCUT2D eigenvalue weighted by molar-refractivity contribution is -0.137. The van der Waals surface area contributed by atoms with Gasteiger partial charge < -0.3 is 15.2 Å². The maximum atomic E-state index is 11.5. The molecule has 0 aromatic rings. The number of amides is 3. The second kappa shape index (κ2) is 7.84. The molecule has 0 aromatic heterocycles. The number of hydrogen-bond donors (Lipinski definition) is 3. The van der Waals surface area contributed by atoms with Crippen LogP contribution in [0.25, 0.3) is 0 Å². The molecule has 1 aliphatic carbocycles. The van der Waals surface area contributed by atoms with Crippen molar-refractivity contribution in [3.05, 3.63) is 0 Å². The number of hydrogen-bond acceptors (Lipinski definition) is 4. The van der Waals surface area contributed by atoms with Crippen LogP contribution in [-0.2, 0) is 14.3 Å². The van der Waals surface area contributed by atoms with E-state index in [-0.39, 0.29) is 18.4 Å². The summed E-state index contributed by atoms with van der Waals surface area (Å²) < 4.78 is 5.35.